The molecule has 0 saturated carbocycles. The topological polar surface area (TPSA) is 98.0 Å². The van der Waals surface area contributed by atoms with E-state index in [1.165, 1.54) is 49.9 Å². The molecule has 0 N–H and O–H groups in total. The Morgan fingerprint density at radius 1 is 1.13 bits per heavy atom. The zero-order chi connectivity index (χ0) is 26.3. The number of nitrogens with zero attached hydrogens (tertiary/aromatic N) is 7. The Hall–Kier alpha value is -3.86. The van der Waals surface area contributed by atoms with Gasteiger partial charge < -0.3 is 14.5 Å². The summed E-state index contributed by atoms with van der Waals surface area (Å²) in [5, 5.41) is 11.5. The molecule has 6 rings (SSSR count). The van der Waals surface area contributed by atoms with Crippen LogP contribution in [-0.2, 0) is 16.1 Å². The Bertz CT molecular complexity index is 1240. The summed E-state index contributed by atoms with van der Waals surface area (Å²) < 4.78 is 21.8. The third kappa shape index (κ3) is 6.16. The quantitative estimate of drug-likeness (QED) is 0.481. The van der Waals surface area contributed by atoms with Crippen LogP contribution in [0.15, 0.2) is 54.1 Å². The molecule has 0 spiro atoms. The van der Waals surface area contributed by atoms with Crippen molar-refractivity contribution in [1.82, 2.24) is 24.9 Å². The first-order chi connectivity index (χ1) is 18.6. The number of carbonyl (C=O) groups excluding carboxylic acids is 1. The van der Waals surface area contributed by atoms with Gasteiger partial charge in [0.25, 0.3) is 0 Å². The first-order valence-corrected chi connectivity index (χ1v) is 13.1. The summed E-state index contributed by atoms with van der Waals surface area (Å²) >= 11 is 0. The van der Waals surface area contributed by atoms with Crippen molar-refractivity contribution in [2.24, 2.45) is 5.16 Å². The van der Waals surface area contributed by atoms with Crippen molar-refractivity contribution in [1.29, 1.82) is 0 Å². The Morgan fingerprint density at radius 2 is 2.00 bits per heavy atom. The van der Waals surface area contributed by atoms with Gasteiger partial charge in [0.2, 0.25) is 0 Å². The minimum absolute atomic E-state index is 0.303. The highest BCUT2D eigenvalue weighted by molar-refractivity contribution is 5.99. The first-order valence-electron chi connectivity index (χ1n) is 13.1. The number of anilines is 1. The predicted octanol–water partition coefficient (Wildman–Crippen LogP) is 4.12. The zero-order valence-corrected chi connectivity index (χ0v) is 21.5. The van der Waals surface area contributed by atoms with Crippen LogP contribution in [0.2, 0.25) is 0 Å². The monoisotopic (exact) mass is 521 g/mol. The molecule has 0 bridgehead atoms. The summed E-state index contributed by atoms with van der Waals surface area (Å²) in [6.45, 7) is 7.42. The molecule has 2 fully saturated rings. The molecule has 3 aliphatic rings. The van der Waals surface area contributed by atoms with Crippen molar-refractivity contribution in [3.63, 3.8) is 0 Å². The fourth-order valence-electron chi connectivity index (χ4n) is 4.76. The maximum absolute atomic E-state index is 14.8. The van der Waals surface area contributed by atoms with Crippen molar-refractivity contribution < 1.29 is 18.8 Å². The molecule has 10 nitrogen and oxygen atoms in total. The number of cyclic esters (lactones) is 1. The van der Waals surface area contributed by atoms with Gasteiger partial charge in [-0.05, 0) is 56.7 Å². The normalized spacial score (nSPS) is 19.4. The van der Waals surface area contributed by atoms with Crippen LogP contribution in [0.4, 0.5) is 14.9 Å². The van der Waals surface area contributed by atoms with Gasteiger partial charge in [0.1, 0.15) is 24.2 Å². The number of amides is 1. The van der Waals surface area contributed by atoms with E-state index in [2.05, 4.69) is 32.3 Å². The Morgan fingerprint density at radius 3 is 2.63 bits per heavy atom. The third-order valence-electron chi connectivity index (χ3n) is 6.87. The van der Waals surface area contributed by atoms with E-state index in [0.29, 0.717) is 48.6 Å². The van der Waals surface area contributed by atoms with Crippen molar-refractivity contribution in [2.75, 3.05) is 37.7 Å². The molecule has 1 aromatic carbocycles. The molecular weight excluding hydrogens is 489 g/mol. The van der Waals surface area contributed by atoms with Gasteiger partial charge in [-0.1, -0.05) is 29.8 Å². The van der Waals surface area contributed by atoms with Gasteiger partial charge >= 0.3 is 6.09 Å². The highest BCUT2D eigenvalue weighted by atomic mass is 19.1. The Labute approximate surface area is 221 Å². The van der Waals surface area contributed by atoms with Gasteiger partial charge in [-0.25, -0.2) is 13.9 Å². The molecule has 1 amide bonds. The summed E-state index contributed by atoms with van der Waals surface area (Å²) in [5.41, 5.74) is 2.96. The van der Waals surface area contributed by atoms with E-state index in [9.17, 15) is 9.18 Å². The van der Waals surface area contributed by atoms with Crippen LogP contribution in [0, 0.1) is 5.82 Å². The van der Waals surface area contributed by atoms with Gasteiger partial charge in [0.05, 0.1) is 30.7 Å². The predicted molar refractivity (Wildman–Crippen MR) is 140 cm³/mol. The Kier molecular flexibility index (Phi) is 8.22. The lowest BCUT2D eigenvalue weighted by molar-refractivity contribution is 0.129. The van der Waals surface area contributed by atoms with Crippen molar-refractivity contribution >= 4 is 17.5 Å². The number of pyridine rings is 1. The molecule has 38 heavy (non-hydrogen) atoms. The molecule has 2 aromatic heterocycles. The summed E-state index contributed by atoms with van der Waals surface area (Å²) in [4.78, 5) is 25.5. The minimum atomic E-state index is -0.516. The van der Waals surface area contributed by atoms with Gasteiger partial charge in [0.15, 0.2) is 0 Å². The van der Waals surface area contributed by atoms with E-state index in [1.807, 2.05) is 0 Å². The Balaban J connectivity index is 0.000000316. The number of carbonyl (C=O) groups is 1. The van der Waals surface area contributed by atoms with Gasteiger partial charge in [-0.15, -0.1) is 5.10 Å². The maximum atomic E-state index is 14.8. The van der Waals surface area contributed by atoms with Crippen LogP contribution in [0.25, 0.3) is 11.1 Å². The molecule has 0 aliphatic carbocycles. The van der Waals surface area contributed by atoms with Crippen LogP contribution >= 0.6 is 0 Å². The number of halogens is 1. The van der Waals surface area contributed by atoms with Crippen LogP contribution in [0.5, 0.6) is 0 Å². The van der Waals surface area contributed by atoms with E-state index in [1.54, 1.807) is 47.5 Å². The van der Waals surface area contributed by atoms with Crippen molar-refractivity contribution in [3.8, 4) is 11.1 Å². The highest BCUT2D eigenvalue weighted by Crippen LogP contribution is 2.29. The smallest absolute Gasteiger partial charge is 0.414 e. The lowest BCUT2D eigenvalue weighted by atomic mass is 10.0. The molecule has 2 saturated heterocycles. The molecule has 5 heterocycles. The van der Waals surface area contributed by atoms with Crippen molar-refractivity contribution in [2.45, 2.75) is 45.3 Å². The second-order valence-corrected chi connectivity index (χ2v) is 9.45. The van der Waals surface area contributed by atoms with Crippen LogP contribution in [0.1, 0.15) is 38.3 Å². The highest BCUT2D eigenvalue weighted by Gasteiger charge is 2.33. The largest absolute Gasteiger partial charge is 0.442 e. The number of oxime groups is 1. The number of likely N-dealkylation sites (tertiary alicyclic amines) is 1. The molecule has 1 atom stereocenters. The van der Waals surface area contributed by atoms with E-state index < -0.39 is 11.9 Å². The summed E-state index contributed by atoms with van der Waals surface area (Å²) in [6.07, 6.45) is 8.96. The van der Waals surface area contributed by atoms with Gasteiger partial charge in [0, 0.05) is 29.9 Å². The molecular formula is C27H32FN7O3. The lowest BCUT2D eigenvalue weighted by Crippen LogP contribution is -2.29. The molecule has 200 valence electrons. The van der Waals surface area contributed by atoms with Gasteiger partial charge in [-0.3, -0.25) is 9.88 Å². The average molecular weight is 522 g/mol. The van der Waals surface area contributed by atoms with E-state index in [0.717, 1.165) is 5.71 Å². The molecule has 3 aromatic rings. The van der Waals surface area contributed by atoms with E-state index >= 15 is 0 Å². The number of piperidine rings is 1. The first kappa shape index (κ1) is 25.8. The number of benzene rings is 1. The number of ether oxygens (including phenoxy) is 1. The molecule has 11 heteroatoms. The van der Waals surface area contributed by atoms with Gasteiger partial charge in [-0.2, -0.15) is 0 Å². The fourth-order valence-corrected chi connectivity index (χ4v) is 4.76. The summed E-state index contributed by atoms with van der Waals surface area (Å²) in [7, 11) is 0. The van der Waals surface area contributed by atoms with E-state index in [4.69, 9.17) is 9.57 Å². The molecule has 3 aliphatic heterocycles. The van der Waals surface area contributed by atoms with Crippen molar-refractivity contribution in [3.05, 3.63) is 60.4 Å². The summed E-state index contributed by atoms with van der Waals surface area (Å²) in [6, 6.07) is 8.25. The number of hydrogen-bond acceptors (Lipinski definition) is 8. The second kappa shape index (κ2) is 12.1. The standard InChI is InChI=1S/C20H17FN6O3.C7H15N/c21-17-9-14(27-12-15(30-20(27)28)11-26-7-6-23-25-26)2-3-16(17)13-1-4-18(22-10-13)19-5-8-29-24-19;1-2-8-6-4-3-5-7-8/h1-4,6-7,9-10,15H,5,8,11-12H2;2-7H2,1H3. The molecule has 1 unspecified atom stereocenters. The lowest BCUT2D eigenvalue weighted by Gasteiger charge is -2.24. The zero-order valence-electron chi connectivity index (χ0n) is 21.5. The minimum Gasteiger partial charge on any atom is -0.442 e. The third-order valence-corrected chi connectivity index (χ3v) is 6.87. The second-order valence-electron chi connectivity index (χ2n) is 9.45. The molecule has 0 radical (unpaired) electrons. The SMILES string of the molecule is CCN1CCCCC1.O=C1OC(Cn2ccnn2)CN1c1ccc(-c2ccc(C3=NOCC3)nc2)c(F)c1. The van der Waals surface area contributed by atoms with Crippen LogP contribution in [-0.4, -0.2) is 75.6 Å². The number of aromatic nitrogens is 4. The fraction of sp³-hybridized carbons (Fsp3) is 0.444. The summed E-state index contributed by atoms with van der Waals surface area (Å²) in [5.74, 6) is -0.448. The number of rotatable bonds is 6. The maximum Gasteiger partial charge on any atom is 0.414 e. The van der Waals surface area contributed by atoms with E-state index in [-0.39, 0.29) is 6.10 Å². The number of hydrogen-bond donors (Lipinski definition) is 0. The van der Waals surface area contributed by atoms with Crippen LogP contribution in [0.3, 0.4) is 0 Å². The van der Waals surface area contributed by atoms with Crippen LogP contribution < -0.4 is 4.90 Å². The average Bonchev–Trinajstić information content (AvgIpc) is 3.73.